The van der Waals surface area contributed by atoms with Gasteiger partial charge in [0.15, 0.2) is 0 Å². The van der Waals surface area contributed by atoms with Gasteiger partial charge in [-0.2, -0.15) is 0 Å². The standard InChI is InChI=1S/C16H20N2O4S/c1-10(23-9-13(19)22-4)14(20)18-12-8-6-5-7-11(12)17-15(21)16(18,2)3/h5-8,10H,9H2,1-4H3,(H,17,21). The van der Waals surface area contributed by atoms with Gasteiger partial charge in [0, 0.05) is 0 Å². The first-order valence-corrected chi connectivity index (χ1v) is 8.27. The number of rotatable bonds is 4. The topological polar surface area (TPSA) is 75.7 Å². The lowest BCUT2D eigenvalue weighted by atomic mass is 9.96. The summed E-state index contributed by atoms with van der Waals surface area (Å²) in [5.41, 5.74) is 0.258. The zero-order valence-electron chi connectivity index (χ0n) is 13.6. The Morgan fingerprint density at radius 1 is 1.35 bits per heavy atom. The molecule has 0 spiro atoms. The number of benzene rings is 1. The van der Waals surface area contributed by atoms with Crippen LogP contribution in [0.4, 0.5) is 11.4 Å². The monoisotopic (exact) mass is 336 g/mol. The van der Waals surface area contributed by atoms with E-state index in [1.54, 1.807) is 39.0 Å². The summed E-state index contributed by atoms with van der Waals surface area (Å²) >= 11 is 1.19. The number of hydrogen-bond acceptors (Lipinski definition) is 5. The summed E-state index contributed by atoms with van der Waals surface area (Å²) in [7, 11) is 1.31. The number of methoxy groups -OCH3 is 1. The molecule has 1 atom stereocenters. The first-order valence-electron chi connectivity index (χ1n) is 7.22. The minimum absolute atomic E-state index is 0.0888. The molecule has 1 unspecified atom stereocenters. The second-order valence-corrected chi connectivity index (χ2v) is 7.06. The quantitative estimate of drug-likeness (QED) is 0.852. The SMILES string of the molecule is COC(=O)CSC(C)C(=O)N1c2ccccc2NC(=O)C1(C)C. The van der Waals surface area contributed by atoms with E-state index in [4.69, 9.17) is 0 Å². The Hall–Kier alpha value is -2.02. The average Bonchev–Trinajstić information content (AvgIpc) is 2.52. The minimum Gasteiger partial charge on any atom is -0.468 e. The van der Waals surface area contributed by atoms with Gasteiger partial charge in [0.05, 0.1) is 29.5 Å². The Labute approximate surface area is 139 Å². The smallest absolute Gasteiger partial charge is 0.315 e. The largest absolute Gasteiger partial charge is 0.468 e. The molecule has 6 nitrogen and oxygen atoms in total. The molecule has 0 aromatic heterocycles. The van der Waals surface area contributed by atoms with E-state index in [0.717, 1.165) is 0 Å². The van der Waals surface area contributed by atoms with Crippen LogP contribution in [0.15, 0.2) is 24.3 Å². The van der Waals surface area contributed by atoms with Crippen LogP contribution in [0.5, 0.6) is 0 Å². The van der Waals surface area contributed by atoms with Crippen LogP contribution >= 0.6 is 11.8 Å². The molecule has 1 heterocycles. The van der Waals surface area contributed by atoms with Crippen LogP contribution in [0, 0.1) is 0 Å². The normalized spacial score (nSPS) is 17.0. The second-order valence-electron chi connectivity index (χ2n) is 5.73. The third-order valence-electron chi connectivity index (χ3n) is 3.75. The highest BCUT2D eigenvalue weighted by Crippen LogP contribution is 2.37. The fraction of sp³-hybridized carbons (Fsp3) is 0.438. The summed E-state index contributed by atoms with van der Waals surface area (Å²) in [6.07, 6.45) is 0. The van der Waals surface area contributed by atoms with Crippen molar-refractivity contribution in [3.8, 4) is 0 Å². The molecule has 0 bridgehead atoms. The van der Waals surface area contributed by atoms with Crippen LogP contribution < -0.4 is 10.2 Å². The molecule has 0 fully saturated rings. The Morgan fingerprint density at radius 3 is 2.65 bits per heavy atom. The molecular formula is C16H20N2O4S. The number of ether oxygens (including phenoxy) is 1. The molecule has 2 amide bonds. The molecule has 1 aromatic rings. The van der Waals surface area contributed by atoms with E-state index in [2.05, 4.69) is 10.1 Å². The van der Waals surface area contributed by atoms with E-state index in [9.17, 15) is 14.4 Å². The number of anilines is 2. The van der Waals surface area contributed by atoms with Gasteiger partial charge in [0.1, 0.15) is 5.54 Å². The molecule has 23 heavy (non-hydrogen) atoms. The van der Waals surface area contributed by atoms with Gasteiger partial charge in [0.25, 0.3) is 0 Å². The number of carbonyl (C=O) groups excluding carboxylic acids is 3. The van der Waals surface area contributed by atoms with Crippen molar-refractivity contribution in [1.29, 1.82) is 0 Å². The molecule has 2 rings (SSSR count). The van der Waals surface area contributed by atoms with E-state index in [1.807, 2.05) is 6.07 Å². The number of amides is 2. The molecule has 1 aliphatic rings. The second kappa shape index (κ2) is 6.62. The Morgan fingerprint density at radius 2 is 2.00 bits per heavy atom. The summed E-state index contributed by atoms with van der Waals surface area (Å²) in [4.78, 5) is 38.0. The van der Waals surface area contributed by atoms with Crippen LogP contribution in [0.3, 0.4) is 0 Å². The molecule has 0 radical (unpaired) electrons. The molecule has 0 aliphatic carbocycles. The van der Waals surface area contributed by atoms with Gasteiger partial charge >= 0.3 is 5.97 Å². The number of para-hydroxylation sites is 2. The van der Waals surface area contributed by atoms with Crippen LogP contribution in [0.2, 0.25) is 0 Å². The van der Waals surface area contributed by atoms with E-state index in [-0.39, 0.29) is 23.5 Å². The van der Waals surface area contributed by atoms with Crippen LogP contribution in [-0.2, 0) is 19.1 Å². The van der Waals surface area contributed by atoms with Crippen molar-refractivity contribution >= 4 is 40.9 Å². The number of hydrogen-bond donors (Lipinski definition) is 1. The minimum atomic E-state index is -1.01. The summed E-state index contributed by atoms with van der Waals surface area (Å²) in [6, 6.07) is 7.18. The highest BCUT2D eigenvalue weighted by atomic mass is 32.2. The summed E-state index contributed by atoms with van der Waals surface area (Å²) in [5, 5.41) is 2.34. The first kappa shape index (κ1) is 17.3. The van der Waals surface area contributed by atoms with E-state index >= 15 is 0 Å². The molecule has 1 aliphatic heterocycles. The zero-order chi connectivity index (χ0) is 17.2. The van der Waals surface area contributed by atoms with Crippen molar-refractivity contribution in [2.24, 2.45) is 0 Å². The number of carbonyl (C=O) groups is 3. The average molecular weight is 336 g/mol. The molecular weight excluding hydrogens is 316 g/mol. The Bertz CT molecular complexity index is 645. The van der Waals surface area contributed by atoms with E-state index in [1.165, 1.54) is 23.8 Å². The van der Waals surface area contributed by atoms with Crippen molar-refractivity contribution in [2.45, 2.75) is 31.6 Å². The summed E-state index contributed by atoms with van der Waals surface area (Å²) < 4.78 is 4.59. The van der Waals surface area contributed by atoms with Crippen LogP contribution in [0.25, 0.3) is 0 Å². The number of nitrogens with one attached hydrogen (secondary N) is 1. The maximum absolute atomic E-state index is 12.9. The number of nitrogens with zero attached hydrogens (tertiary/aromatic N) is 1. The van der Waals surface area contributed by atoms with E-state index in [0.29, 0.717) is 11.4 Å². The third kappa shape index (κ3) is 3.34. The van der Waals surface area contributed by atoms with Gasteiger partial charge in [-0.25, -0.2) is 0 Å². The lowest BCUT2D eigenvalue weighted by molar-refractivity contribution is -0.137. The molecule has 7 heteroatoms. The first-order chi connectivity index (χ1) is 10.8. The fourth-order valence-corrected chi connectivity index (χ4v) is 3.10. The molecule has 0 saturated heterocycles. The zero-order valence-corrected chi connectivity index (χ0v) is 14.4. The van der Waals surface area contributed by atoms with Gasteiger partial charge < -0.3 is 10.1 Å². The summed E-state index contributed by atoms with van der Waals surface area (Å²) in [5.74, 6) is -0.752. The molecule has 124 valence electrons. The third-order valence-corrected chi connectivity index (χ3v) is 4.86. The Kier molecular flexibility index (Phi) is 4.99. The maximum atomic E-state index is 12.9. The van der Waals surface area contributed by atoms with Crippen molar-refractivity contribution in [1.82, 2.24) is 0 Å². The highest BCUT2D eigenvalue weighted by Gasteiger charge is 2.44. The highest BCUT2D eigenvalue weighted by molar-refractivity contribution is 8.01. The van der Waals surface area contributed by atoms with Crippen LogP contribution in [0.1, 0.15) is 20.8 Å². The summed E-state index contributed by atoms with van der Waals surface area (Å²) in [6.45, 7) is 5.13. The Balaban J connectivity index is 2.29. The number of fused-ring (bicyclic) bond motifs is 1. The maximum Gasteiger partial charge on any atom is 0.315 e. The van der Waals surface area contributed by atoms with E-state index < -0.39 is 10.8 Å². The van der Waals surface area contributed by atoms with Crippen molar-refractivity contribution in [3.63, 3.8) is 0 Å². The van der Waals surface area contributed by atoms with Crippen LogP contribution in [-0.4, -0.2) is 41.4 Å². The van der Waals surface area contributed by atoms with Crippen molar-refractivity contribution in [3.05, 3.63) is 24.3 Å². The van der Waals surface area contributed by atoms with Gasteiger partial charge in [-0.3, -0.25) is 19.3 Å². The van der Waals surface area contributed by atoms with Gasteiger partial charge in [0.2, 0.25) is 11.8 Å². The predicted octanol–water partition coefficient (Wildman–Crippen LogP) is 2.04. The van der Waals surface area contributed by atoms with Gasteiger partial charge in [-0.15, -0.1) is 11.8 Å². The number of thioether (sulfide) groups is 1. The lowest BCUT2D eigenvalue weighted by Crippen LogP contribution is -2.60. The molecule has 0 saturated carbocycles. The fourth-order valence-electron chi connectivity index (χ4n) is 2.35. The van der Waals surface area contributed by atoms with Crippen molar-refractivity contribution < 1.29 is 19.1 Å². The molecule has 1 aromatic carbocycles. The van der Waals surface area contributed by atoms with Gasteiger partial charge in [-0.05, 0) is 32.9 Å². The number of esters is 1. The van der Waals surface area contributed by atoms with Gasteiger partial charge in [-0.1, -0.05) is 12.1 Å². The lowest BCUT2D eigenvalue weighted by Gasteiger charge is -2.43. The predicted molar refractivity (Wildman–Crippen MR) is 90.6 cm³/mol. The van der Waals surface area contributed by atoms with Crippen molar-refractivity contribution in [2.75, 3.05) is 23.1 Å². The molecule has 1 N–H and O–H groups in total.